The molecule has 2 rings (SSSR count). The minimum Gasteiger partial charge on any atom is -0.326 e. The monoisotopic (exact) mass is 320 g/mol. The van der Waals surface area contributed by atoms with Gasteiger partial charge < -0.3 is 10.6 Å². The molecular formula is C18H28N2OS. The zero-order chi connectivity index (χ0) is 15.9. The van der Waals surface area contributed by atoms with Gasteiger partial charge in [0.2, 0.25) is 5.91 Å². The summed E-state index contributed by atoms with van der Waals surface area (Å²) in [6.07, 6.45) is 7.40. The molecule has 0 aromatic heterocycles. The van der Waals surface area contributed by atoms with Crippen LogP contribution in [0.5, 0.6) is 0 Å². The third kappa shape index (κ3) is 5.03. The maximum absolute atomic E-state index is 12.2. The van der Waals surface area contributed by atoms with Gasteiger partial charge in [-0.2, -0.15) is 11.8 Å². The van der Waals surface area contributed by atoms with E-state index in [4.69, 9.17) is 0 Å². The number of para-hydroxylation sites is 1. The van der Waals surface area contributed by atoms with Crippen molar-refractivity contribution in [3.05, 3.63) is 29.8 Å². The minimum absolute atomic E-state index is 0.0975. The van der Waals surface area contributed by atoms with Crippen LogP contribution < -0.4 is 10.6 Å². The summed E-state index contributed by atoms with van der Waals surface area (Å²) in [7, 11) is 0. The Hall–Kier alpha value is -1.000. The molecule has 3 nitrogen and oxygen atoms in total. The molecule has 22 heavy (non-hydrogen) atoms. The van der Waals surface area contributed by atoms with Crippen molar-refractivity contribution in [2.45, 2.75) is 63.3 Å². The zero-order valence-electron chi connectivity index (χ0n) is 13.9. The molecule has 0 heterocycles. The van der Waals surface area contributed by atoms with Gasteiger partial charge in [-0.25, -0.2) is 0 Å². The van der Waals surface area contributed by atoms with E-state index in [1.165, 1.54) is 24.8 Å². The van der Waals surface area contributed by atoms with Gasteiger partial charge in [-0.05, 0) is 50.5 Å². The van der Waals surface area contributed by atoms with Crippen molar-refractivity contribution < 1.29 is 4.79 Å². The molecule has 1 aromatic carbocycles. The van der Waals surface area contributed by atoms with Gasteiger partial charge in [0.05, 0.1) is 0 Å². The quantitative estimate of drug-likeness (QED) is 0.802. The lowest BCUT2D eigenvalue weighted by molar-refractivity contribution is -0.116. The summed E-state index contributed by atoms with van der Waals surface area (Å²) in [6, 6.07) is 8.83. The van der Waals surface area contributed by atoms with Gasteiger partial charge in [-0.3, -0.25) is 4.79 Å². The maximum atomic E-state index is 12.2. The smallest absolute Gasteiger partial charge is 0.225 e. The summed E-state index contributed by atoms with van der Waals surface area (Å²) < 4.78 is 0. The van der Waals surface area contributed by atoms with Crippen molar-refractivity contribution in [2.75, 3.05) is 11.6 Å². The number of aryl methyl sites for hydroxylation is 1. The molecule has 1 aliphatic rings. The van der Waals surface area contributed by atoms with E-state index in [1.54, 1.807) is 0 Å². The summed E-state index contributed by atoms with van der Waals surface area (Å²) >= 11 is 1.96. The fourth-order valence-electron chi connectivity index (χ4n) is 3.20. The first kappa shape index (κ1) is 17.4. The van der Waals surface area contributed by atoms with E-state index in [-0.39, 0.29) is 11.9 Å². The van der Waals surface area contributed by atoms with Crippen molar-refractivity contribution in [1.29, 1.82) is 0 Å². The molecule has 4 heteroatoms. The molecule has 1 fully saturated rings. The van der Waals surface area contributed by atoms with Gasteiger partial charge in [0, 0.05) is 29.4 Å². The van der Waals surface area contributed by atoms with Crippen molar-refractivity contribution >= 4 is 23.4 Å². The second-order valence-electron chi connectivity index (χ2n) is 6.20. The highest BCUT2D eigenvalue weighted by Crippen LogP contribution is 2.28. The van der Waals surface area contributed by atoms with E-state index in [0.717, 1.165) is 17.4 Å². The van der Waals surface area contributed by atoms with E-state index >= 15 is 0 Å². The van der Waals surface area contributed by atoms with Gasteiger partial charge >= 0.3 is 0 Å². The number of hydrogen-bond donors (Lipinski definition) is 2. The van der Waals surface area contributed by atoms with Crippen molar-refractivity contribution in [3.63, 3.8) is 0 Å². The highest BCUT2D eigenvalue weighted by Gasteiger charge is 2.25. The summed E-state index contributed by atoms with van der Waals surface area (Å²) in [5, 5.41) is 7.46. The minimum atomic E-state index is 0.0975. The van der Waals surface area contributed by atoms with Gasteiger partial charge in [-0.1, -0.05) is 25.1 Å². The Bertz CT molecular complexity index is 492. The maximum Gasteiger partial charge on any atom is 0.225 e. The van der Waals surface area contributed by atoms with E-state index < -0.39 is 0 Å². The first-order valence-corrected chi connectivity index (χ1v) is 9.57. The standard InChI is InChI=1S/C18H28N2OS/c1-4-14-7-5-6-8-17(14)20-18(21)11-13(2)19-15-9-10-16(12-15)22-3/h5-8,13,15-16,19H,4,9-12H2,1-3H3,(H,20,21). The second kappa shape index (κ2) is 8.59. The molecule has 3 unspecified atom stereocenters. The molecule has 1 amide bonds. The SMILES string of the molecule is CCc1ccccc1NC(=O)CC(C)NC1CCC(SC)C1. The molecule has 1 aromatic rings. The largest absolute Gasteiger partial charge is 0.326 e. The van der Waals surface area contributed by atoms with E-state index in [0.29, 0.717) is 12.5 Å². The third-order valence-corrected chi connectivity index (χ3v) is 5.50. The third-order valence-electron chi connectivity index (χ3n) is 4.40. The topological polar surface area (TPSA) is 41.1 Å². The first-order valence-electron chi connectivity index (χ1n) is 8.29. The Morgan fingerprint density at radius 2 is 2.14 bits per heavy atom. The normalized spacial score (nSPS) is 22.5. The summed E-state index contributed by atoms with van der Waals surface area (Å²) in [5.41, 5.74) is 2.14. The molecule has 0 spiro atoms. The van der Waals surface area contributed by atoms with Crippen LogP contribution in [0.3, 0.4) is 0 Å². The summed E-state index contributed by atoms with van der Waals surface area (Å²) in [6.45, 7) is 4.22. The molecule has 3 atom stereocenters. The first-order chi connectivity index (χ1) is 10.6. The number of nitrogens with one attached hydrogen (secondary N) is 2. The highest BCUT2D eigenvalue weighted by molar-refractivity contribution is 7.99. The number of anilines is 1. The van der Waals surface area contributed by atoms with Crippen LogP contribution in [-0.4, -0.2) is 29.5 Å². The van der Waals surface area contributed by atoms with Crippen molar-refractivity contribution in [1.82, 2.24) is 5.32 Å². The number of rotatable bonds is 7. The summed E-state index contributed by atoms with van der Waals surface area (Å²) in [4.78, 5) is 12.2. The molecule has 0 radical (unpaired) electrons. The average molecular weight is 321 g/mol. The molecule has 1 aliphatic carbocycles. The lowest BCUT2D eigenvalue weighted by Crippen LogP contribution is -2.37. The fourth-order valence-corrected chi connectivity index (χ4v) is 3.99. The Balaban J connectivity index is 1.79. The lowest BCUT2D eigenvalue weighted by atomic mass is 10.1. The van der Waals surface area contributed by atoms with Crippen LogP contribution in [0.4, 0.5) is 5.69 Å². The van der Waals surface area contributed by atoms with Crippen LogP contribution in [0.2, 0.25) is 0 Å². The van der Waals surface area contributed by atoms with Gasteiger partial charge in [0.15, 0.2) is 0 Å². The van der Waals surface area contributed by atoms with Crippen LogP contribution in [-0.2, 0) is 11.2 Å². The second-order valence-corrected chi connectivity index (χ2v) is 7.34. The number of benzene rings is 1. The number of thioether (sulfide) groups is 1. The Morgan fingerprint density at radius 3 is 2.82 bits per heavy atom. The van der Waals surface area contributed by atoms with Crippen LogP contribution in [0.15, 0.2) is 24.3 Å². The predicted molar refractivity (Wildman–Crippen MR) is 96.6 cm³/mol. The van der Waals surface area contributed by atoms with Gasteiger partial charge in [0.25, 0.3) is 0 Å². The Kier molecular flexibility index (Phi) is 6.77. The van der Waals surface area contributed by atoms with Gasteiger partial charge in [0.1, 0.15) is 0 Å². The molecule has 1 saturated carbocycles. The lowest BCUT2D eigenvalue weighted by Gasteiger charge is -2.19. The van der Waals surface area contributed by atoms with E-state index in [1.807, 2.05) is 30.0 Å². The number of hydrogen-bond acceptors (Lipinski definition) is 3. The van der Waals surface area contributed by atoms with E-state index in [9.17, 15) is 4.79 Å². The van der Waals surface area contributed by atoms with Crippen molar-refractivity contribution in [3.8, 4) is 0 Å². The molecule has 122 valence electrons. The Labute approximate surface area is 138 Å². The highest BCUT2D eigenvalue weighted by atomic mass is 32.2. The number of amides is 1. The molecule has 2 N–H and O–H groups in total. The molecular weight excluding hydrogens is 292 g/mol. The van der Waals surface area contributed by atoms with Crippen LogP contribution in [0.1, 0.15) is 45.1 Å². The number of carbonyl (C=O) groups excluding carboxylic acids is 1. The van der Waals surface area contributed by atoms with Crippen LogP contribution in [0, 0.1) is 0 Å². The zero-order valence-corrected chi connectivity index (χ0v) is 14.7. The van der Waals surface area contributed by atoms with Crippen LogP contribution in [0.25, 0.3) is 0 Å². The van der Waals surface area contributed by atoms with Crippen LogP contribution >= 0.6 is 11.8 Å². The van der Waals surface area contributed by atoms with Crippen molar-refractivity contribution in [2.24, 2.45) is 0 Å². The Morgan fingerprint density at radius 1 is 1.36 bits per heavy atom. The van der Waals surface area contributed by atoms with Gasteiger partial charge in [-0.15, -0.1) is 0 Å². The summed E-state index contributed by atoms with van der Waals surface area (Å²) in [5.74, 6) is 0.0975. The van der Waals surface area contributed by atoms with E-state index in [2.05, 4.69) is 36.8 Å². The molecule has 0 aliphatic heterocycles. The molecule has 0 saturated heterocycles. The molecule has 0 bridgehead atoms. The number of carbonyl (C=O) groups is 1. The predicted octanol–water partition coefficient (Wildman–Crippen LogP) is 3.84. The average Bonchev–Trinajstić information content (AvgIpc) is 2.95. The fraction of sp³-hybridized carbons (Fsp3) is 0.611.